The average Bonchev–Trinajstić information content (AvgIpc) is 4.39. The van der Waals surface area contributed by atoms with E-state index in [-0.39, 0.29) is 0 Å². The number of para-hydroxylation sites is 7. The summed E-state index contributed by atoms with van der Waals surface area (Å²) in [6.45, 7) is 2.41. The van der Waals surface area contributed by atoms with Crippen LogP contribution in [0.1, 0.15) is 30.3 Å². The van der Waals surface area contributed by atoms with Gasteiger partial charge in [0.2, 0.25) is 0 Å². The summed E-state index contributed by atoms with van der Waals surface area (Å²) in [7, 11) is 0. The van der Waals surface area contributed by atoms with Crippen molar-refractivity contribution in [2.45, 2.75) is 25.3 Å². The Morgan fingerprint density at radius 2 is 0.833 bits per heavy atom. The van der Waals surface area contributed by atoms with Crippen LogP contribution in [0.3, 0.4) is 0 Å². The number of hydrogen-bond acceptors (Lipinski definition) is 1. The summed E-state index contributed by atoms with van der Waals surface area (Å²) in [6, 6.07) is 87.5. The Morgan fingerprint density at radius 1 is 0.397 bits per heavy atom. The first-order valence-electron chi connectivity index (χ1n) is 27.1. The van der Waals surface area contributed by atoms with E-state index in [4.69, 9.17) is 4.98 Å². The van der Waals surface area contributed by atoms with Crippen molar-refractivity contribution < 1.29 is 0 Å². The molecule has 0 saturated heterocycles. The number of allylic oxidation sites excluding steroid dienone is 7. The van der Waals surface area contributed by atoms with Crippen molar-refractivity contribution in [2.75, 3.05) is 0 Å². The topological polar surface area (TPSA) is 32.6 Å². The highest BCUT2D eigenvalue weighted by molar-refractivity contribution is 6.12. The first kappa shape index (κ1) is 45.4. The average molecular weight is 1000 g/mol. The summed E-state index contributed by atoms with van der Waals surface area (Å²) >= 11 is 0. The molecule has 9 aromatic carbocycles. The smallest absolute Gasteiger partial charge is 0.0711 e. The molecule has 0 aliphatic heterocycles. The van der Waals surface area contributed by atoms with Gasteiger partial charge in [-0.3, -0.25) is 0 Å². The molecule has 2 aliphatic carbocycles. The van der Waals surface area contributed by atoms with E-state index in [9.17, 15) is 0 Å². The highest BCUT2D eigenvalue weighted by atomic mass is 15.1. The van der Waals surface area contributed by atoms with Crippen molar-refractivity contribution >= 4 is 93.7 Å². The minimum Gasteiger partial charge on any atom is -0.331 e. The Labute approximate surface area is 452 Å². The molecule has 78 heavy (non-hydrogen) atoms. The number of pyridine rings is 1. The van der Waals surface area contributed by atoms with Crippen LogP contribution in [0, 0.1) is 0 Å². The number of fused-ring (bicyclic) bond motifs is 12. The van der Waals surface area contributed by atoms with Crippen LogP contribution >= 0.6 is 0 Å². The molecule has 370 valence electrons. The number of aromatic nitrogens is 5. The molecule has 0 spiro atoms. The minimum atomic E-state index is -0.480. The van der Waals surface area contributed by atoms with Gasteiger partial charge in [-0.1, -0.05) is 194 Å². The lowest BCUT2D eigenvalue weighted by Crippen LogP contribution is -2.31. The van der Waals surface area contributed by atoms with Crippen LogP contribution in [0.15, 0.2) is 273 Å². The standard InChI is InChI=1S/C67H47N5.C6H6/c1-67(72-65-36-17-10-26-55(65)56-27-11-18-37-66(56)72)42-45(40-48(43-67)71-63-34-15-8-24-53(63)54-25-9-16-35-64(54)71)58-29-19-28-57(68-58)44-38-46(69-59-30-4-2-3-20-49(59)50-21-5-12-31-60(50)69)41-47(39-44)70-61-32-13-6-22-51(61)52-23-7-14-33-62(52)70;1-2-4-6-5-3-1/h2-29,31-42H,30,43H2,1H3;1-6H. The highest BCUT2D eigenvalue weighted by Crippen LogP contribution is 2.46. The Balaban J connectivity index is 0.000000829. The second-order valence-electron chi connectivity index (χ2n) is 20.9. The molecule has 5 nitrogen and oxygen atoms in total. The van der Waals surface area contributed by atoms with E-state index in [0.717, 1.165) is 46.7 Å². The molecule has 5 aromatic heterocycles. The highest BCUT2D eigenvalue weighted by Gasteiger charge is 2.34. The first-order chi connectivity index (χ1) is 38.6. The van der Waals surface area contributed by atoms with Gasteiger partial charge in [0.15, 0.2) is 0 Å². The maximum absolute atomic E-state index is 5.74. The lowest BCUT2D eigenvalue weighted by molar-refractivity contribution is 0.440. The molecule has 1 unspecified atom stereocenters. The van der Waals surface area contributed by atoms with E-state index in [2.05, 4.69) is 268 Å². The van der Waals surface area contributed by atoms with E-state index in [1.807, 2.05) is 36.4 Å². The molecule has 16 rings (SSSR count). The van der Waals surface area contributed by atoms with Gasteiger partial charge < -0.3 is 18.3 Å². The molecular formula is C73H53N5. The van der Waals surface area contributed by atoms with Crippen LogP contribution in [-0.4, -0.2) is 23.3 Å². The van der Waals surface area contributed by atoms with Gasteiger partial charge in [-0.15, -0.1) is 0 Å². The monoisotopic (exact) mass is 999 g/mol. The van der Waals surface area contributed by atoms with Gasteiger partial charge in [0.25, 0.3) is 0 Å². The molecule has 0 saturated carbocycles. The molecular weight excluding hydrogens is 947 g/mol. The quantitative estimate of drug-likeness (QED) is 0.163. The summed E-state index contributed by atoms with van der Waals surface area (Å²) in [5.74, 6) is 0. The van der Waals surface area contributed by atoms with E-state index in [1.165, 1.54) is 93.3 Å². The van der Waals surface area contributed by atoms with E-state index >= 15 is 0 Å². The fraction of sp³-hybridized carbons (Fsp3) is 0.0548. The van der Waals surface area contributed by atoms with Gasteiger partial charge in [-0.2, -0.15) is 0 Å². The van der Waals surface area contributed by atoms with Crippen LogP contribution in [0.2, 0.25) is 0 Å². The SMILES string of the molecule is CC1(n2c3ccccc3c3ccccc32)C=C(c2cccc(-c3cc(-n4c5c(c6ccccc64)C=CC=CC5)cc(-n4c5ccccc5c5ccccc54)c3)n2)C=C(n2c3ccccc3c3ccccc32)C1.c1ccccc1. The Morgan fingerprint density at radius 3 is 1.37 bits per heavy atom. The van der Waals surface area contributed by atoms with Crippen LogP contribution < -0.4 is 0 Å². The normalized spacial score (nSPS) is 15.2. The first-order valence-corrected chi connectivity index (χ1v) is 27.1. The molecule has 0 bridgehead atoms. The van der Waals surface area contributed by atoms with Crippen LogP contribution in [0.4, 0.5) is 0 Å². The lowest BCUT2D eigenvalue weighted by Gasteiger charge is -2.36. The summed E-state index contributed by atoms with van der Waals surface area (Å²) in [5.41, 5.74) is 17.8. The summed E-state index contributed by atoms with van der Waals surface area (Å²) in [5, 5.41) is 8.74. The van der Waals surface area contributed by atoms with E-state index in [0.29, 0.717) is 0 Å². The molecule has 2 aliphatic rings. The number of nitrogens with zero attached hydrogens (tertiary/aromatic N) is 5. The lowest BCUT2D eigenvalue weighted by atomic mass is 9.85. The molecule has 5 heteroatoms. The van der Waals surface area contributed by atoms with Crippen LogP contribution in [0.25, 0.3) is 116 Å². The van der Waals surface area contributed by atoms with E-state index < -0.39 is 5.54 Å². The summed E-state index contributed by atoms with van der Waals surface area (Å²) < 4.78 is 10.0. The van der Waals surface area contributed by atoms with Gasteiger partial charge in [-0.25, -0.2) is 4.98 Å². The molecule has 0 N–H and O–H groups in total. The minimum absolute atomic E-state index is 0.480. The van der Waals surface area contributed by atoms with E-state index in [1.54, 1.807) is 0 Å². The third-order valence-corrected chi connectivity index (χ3v) is 16.1. The number of hydrogen-bond donors (Lipinski definition) is 0. The number of rotatable bonds is 6. The van der Waals surface area contributed by atoms with Gasteiger partial charge in [0.05, 0.1) is 44.5 Å². The molecule has 0 fully saturated rings. The fourth-order valence-electron chi connectivity index (χ4n) is 12.9. The molecule has 14 aromatic rings. The largest absolute Gasteiger partial charge is 0.331 e. The third-order valence-electron chi connectivity index (χ3n) is 16.1. The summed E-state index contributed by atoms with van der Waals surface area (Å²) in [4.78, 5) is 5.74. The summed E-state index contributed by atoms with van der Waals surface area (Å²) in [6.07, 6.45) is 15.4. The zero-order chi connectivity index (χ0) is 51.7. The number of benzene rings is 9. The van der Waals surface area contributed by atoms with Crippen molar-refractivity contribution in [3.05, 3.63) is 290 Å². The molecule has 5 heterocycles. The second-order valence-corrected chi connectivity index (χ2v) is 20.9. The van der Waals surface area contributed by atoms with Crippen LogP contribution in [0.5, 0.6) is 0 Å². The van der Waals surface area contributed by atoms with Crippen molar-refractivity contribution in [2.24, 2.45) is 0 Å². The van der Waals surface area contributed by atoms with Gasteiger partial charge >= 0.3 is 0 Å². The Hall–Kier alpha value is -9.97. The fourth-order valence-corrected chi connectivity index (χ4v) is 12.9. The molecule has 1 atom stereocenters. The van der Waals surface area contributed by atoms with Crippen molar-refractivity contribution in [1.82, 2.24) is 23.3 Å². The predicted octanol–water partition coefficient (Wildman–Crippen LogP) is 18.6. The zero-order valence-corrected chi connectivity index (χ0v) is 43.2. The van der Waals surface area contributed by atoms with Crippen molar-refractivity contribution in [1.29, 1.82) is 0 Å². The van der Waals surface area contributed by atoms with Gasteiger partial charge in [0, 0.05) is 101 Å². The van der Waals surface area contributed by atoms with Crippen molar-refractivity contribution in [3.63, 3.8) is 0 Å². The van der Waals surface area contributed by atoms with Crippen molar-refractivity contribution in [3.8, 4) is 22.6 Å². The second kappa shape index (κ2) is 18.4. The van der Waals surface area contributed by atoms with Crippen LogP contribution in [-0.2, 0) is 12.0 Å². The Kier molecular flexibility index (Phi) is 10.7. The Bertz CT molecular complexity index is 4630. The predicted molar refractivity (Wildman–Crippen MR) is 329 cm³/mol. The van der Waals surface area contributed by atoms with Gasteiger partial charge in [0.1, 0.15) is 0 Å². The van der Waals surface area contributed by atoms with Gasteiger partial charge in [-0.05, 0) is 91.9 Å². The molecule has 0 amide bonds. The molecule has 0 radical (unpaired) electrons. The maximum Gasteiger partial charge on any atom is 0.0711 e. The third kappa shape index (κ3) is 7.34. The zero-order valence-electron chi connectivity index (χ0n) is 43.2. The maximum atomic E-state index is 5.74.